The highest BCUT2D eigenvalue weighted by Crippen LogP contribution is 2.37. The molecule has 5 atom stereocenters. The van der Waals surface area contributed by atoms with Gasteiger partial charge in [0.05, 0.1) is 36.0 Å². The van der Waals surface area contributed by atoms with E-state index in [-0.39, 0.29) is 31.0 Å². The molecule has 2 N–H and O–H groups in total. The molecule has 0 amide bonds. The first kappa shape index (κ1) is 18.0. The third kappa shape index (κ3) is 4.21. The maximum Gasteiger partial charge on any atom is 0.138 e. The van der Waals surface area contributed by atoms with Crippen LogP contribution in [-0.2, 0) is 9.47 Å². The molecule has 134 valence electrons. The lowest BCUT2D eigenvalue weighted by molar-refractivity contribution is -0.113. The highest BCUT2D eigenvalue weighted by Gasteiger charge is 2.30. The van der Waals surface area contributed by atoms with Gasteiger partial charge < -0.3 is 24.4 Å². The fourth-order valence-electron chi connectivity index (χ4n) is 3.53. The van der Waals surface area contributed by atoms with Crippen LogP contribution in [0.1, 0.15) is 43.8 Å². The van der Waals surface area contributed by atoms with Crippen molar-refractivity contribution in [2.75, 3.05) is 13.7 Å². The van der Waals surface area contributed by atoms with E-state index in [1.165, 1.54) is 0 Å². The van der Waals surface area contributed by atoms with Crippen molar-refractivity contribution in [3.05, 3.63) is 28.8 Å². The van der Waals surface area contributed by atoms with E-state index in [1.807, 2.05) is 12.1 Å². The van der Waals surface area contributed by atoms with Gasteiger partial charge in [-0.1, -0.05) is 17.7 Å². The molecule has 1 aliphatic carbocycles. The van der Waals surface area contributed by atoms with Crippen LogP contribution in [0.2, 0.25) is 5.02 Å². The molecule has 3 rings (SSSR count). The summed E-state index contributed by atoms with van der Waals surface area (Å²) in [5.41, 5.74) is 0.910. The lowest BCUT2D eigenvalue weighted by Gasteiger charge is -2.32. The van der Waals surface area contributed by atoms with Gasteiger partial charge in [-0.15, -0.1) is 0 Å². The second-order valence-electron chi connectivity index (χ2n) is 6.66. The normalized spacial score (nSPS) is 33.6. The summed E-state index contributed by atoms with van der Waals surface area (Å²) in [6.07, 6.45) is 3.05. The van der Waals surface area contributed by atoms with Gasteiger partial charge in [-0.05, 0) is 30.5 Å². The number of rotatable bonds is 5. The number of aliphatic hydroxyl groups excluding tert-OH is 2. The minimum absolute atomic E-state index is 0.0923. The number of halogens is 1. The van der Waals surface area contributed by atoms with Crippen molar-refractivity contribution < 1.29 is 24.4 Å². The van der Waals surface area contributed by atoms with Crippen LogP contribution < -0.4 is 4.74 Å². The second kappa shape index (κ2) is 8.02. The zero-order valence-electron chi connectivity index (χ0n) is 13.9. The van der Waals surface area contributed by atoms with Crippen LogP contribution in [0.3, 0.4) is 0 Å². The Morgan fingerprint density at radius 3 is 2.71 bits per heavy atom. The number of hydrogen-bond acceptors (Lipinski definition) is 5. The van der Waals surface area contributed by atoms with Gasteiger partial charge >= 0.3 is 0 Å². The first-order chi connectivity index (χ1) is 11.6. The molecule has 6 heteroatoms. The van der Waals surface area contributed by atoms with E-state index in [0.717, 1.165) is 24.8 Å². The molecule has 1 saturated heterocycles. The predicted octanol–water partition coefficient (Wildman–Crippen LogP) is 2.86. The molecule has 5 nitrogen and oxygen atoms in total. The largest absolute Gasteiger partial charge is 0.489 e. The third-order valence-electron chi connectivity index (χ3n) is 4.87. The van der Waals surface area contributed by atoms with E-state index in [0.29, 0.717) is 23.6 Å². The quantitative estimate of drug-likeness (QED) is 0.849. The van der Waals surface area contributed by atoms with Crippen LogP contribution in [0.15, 0.2) is 18.2 Å². The van der Waals surface area contributed by atoms with Gasteiger partial charge in [0.1, 0.15) is 11.9 Å². The maximum absolute atomic E-state index is 9.99. The summed E-state index contributed by atoms with van der Waals surface area (Å²) in [6, 6.07) is 5.58. The van der Waals surface area contributed by atoms with E-state index >= 15 is 0 Å². The molecule has 1 saturated carbocycles. The number of ether oxygens (including phenoxy) is 3. The van der Waals surface area contributed by atoms with Crippen LogP contribution in [0.5, 0.6) is 5.75 Å². The van der Waals surface area contributed by atoms with Gasteiger partial charge in [0, 0.05) is 26.4 Å². The molecule has 2 aliphatic rings. The molecule has 1 aromatic carbocycles. The average Bonchev–Trinajstić information content (AvgIpc) is 3.04. The fraction of sp³-hybridized carbons (Fsp3) is 0.667. The highest BCUT2D eigenvalue weighted by atomic mass is 35.5. The van der Waals surface area contributed by atoms with E-state index in [1.54, 1.807) is 13.2 Å². The summed E-state index contributed by atoms with van der Waals surface area (Å²) in [6.45, 7) is -0.0923. The van der Waals surface area contributed by atoms with Crippen molar-refractivity contribution in [2.45, 2.75) is 62.6 Å². The Hall–Kier alpha value is -0.850. The fourth-order valence-corrected chi connectivity index (χ4v) is 3.70. The van der Waals surface area contributed by atoms with Gasteiger partial charge in [0.15, 0.2) is 0 Å². The smallest absolute Gasteiger partial charge is 0.138 e. The zero-order valence-corrected chi connectivity index (χ0v) is 14.6. The molecule has 24 heavy (non-hydrogen) atoms. The van der Waals surface area contributed by atoms with Crippen molar-refractivity contribution in [3.63, 3.8) is 0 Å². The third-order valence-corrected chi connectivity index (χ3v) is 5.18. The molecule has 0 bridgehead atoms. The van der Waals surface area contributed by atoms with Crippen molar-refractivity contribution in [2.24, 2.45) is 0 Å². The minimum Gasteiger partial charge on any atom is -0.489 e. The molecule has 1 aromatic rings. The summed E-state index contributed by atoms with van der Waals surface area (Å²) in [5.74, 6) is 0.639. The zero-order chi connectivity index (χ0) is 17.1. The van der Waals surface area contributed by atoms with Gasteiger partial charge in [-0.25, -0.2) is 0 Å². The lowest BCUT2D eigenvalue weighted by atomic mass is 9.96. The van der Waals surface area contributed by atoms with Gasteiger partial charge in [-0.2, -0.15) is 0 Å². The van der Waals surface area contributed by atoms with E-state index in [2.05, 4.69) is 0 Å². The molecule has 0 spiro atoms. The Kier molecular flexibility index (Phi) is 6.00. The summed E-state index contributed by atoms with van der Waals surface area (Å²) >= 11 is 6.28. The first-order valence-electron chi connectivity index (χ1n) is 8.52. The van der Waals surface area contributed by atoms with E-state index in [9.17, 15) is 10.2 Å². The molecule has 0 radical (unpaired) electrons. The monoisotopic (exact) mass is 356 g/mol. The van der Waals surface area contributed by atoms with E-state index in [4.69, 9.17) is 25.8 Å². The molecule has 0 aromatic heterocycles. The number of benzene rings is 1. The van der Waals surface area contributed by atoms with Gasteiger partial charge in [0.2, 0.25) is 0 Å². The Bertz CT molecular complexity index is 552. The standard InChI is InChI=1S/C18H25ClO5/c1-22-13-3-4-14(9-13)23-18-6-11(2-5-16(18)19)17-8-12(21)7-15(10-20)24-17/h2,5-6,12-15,17,20-21H,3-4,7-10H2,1H3. The Labute approximate surface area is 147 Å². The van der Waals surface area contributed by atoms with Gasteiger partial charge in [0.25, 0.3) is 0 Å². The van der Waals surface area contributed by atoms with Crippen LogP contribution in [0.4, 0.5) is 0 Å². The lowest BCUT2D eigenvalue weighted by Crippen LogP contribution is -2.33. The first-order valence-corrected chi connectivity index (χ1v) is 8.90. The molecule has 1 aliphatic heterocycles. The Morgan fingerprint density at radius 1 is 1.21 bits per heavy atom. The maximum atomic E-state index is 9.99. The molecular formula is C18H25ClO5. The Morgan fingerprint density at radius 2 is 2.00 bits per heavy atom. The van der Waals surface area contributed by atoms with Crippen molar-refractivity contribution in [1.29, 1.82) is 0 Å². The van der Waals surface area contributed by atoms with Crippen molar-refractivity contribution >= 4 is 11.6 Å². The predicted molar refractivity (Wildman–Crippen MR) is 90.5 cm³/mol. The summed E-state index contributed by atoms with van der Waals surface area (Å²) in [7, 11) is 1.73. The summed E-state index contributed by atoms with van der Waals surface area (Å²) < 4.78 is 17.3. The van der Waals surface area contributed by atoms with Crippen LogP contribution in [0.25, 0.3) is 0 Å². The van der Waals surface area contributed by atoms with Crippen LogP contribution in [-0.4, -0.2) is 48.3 Å². The molecule has 2 fully saturated rings. The number of hydrogen-bond donors (Lipinski definition) is 2. The topological polar surface area (TPSA) is 68.2 Å². The molecule has 1 heterocycles. The summed E-state index contributed by atoms with van der Waals surface area (Å²) in [4.78, 5) is 0. The second-order valence-corrected chi connectivity index (χ2v) is 7.06. The highest BCUT2D eigenvalue weighted by molar-refractivity contribution is 6.32. The molecular weight excluding hydrogens is 332 g/mol. The Balaban J connectivity index is 1.71. The summed E-state index contributed by atoms with van der Waals surface area (Å²) in [5, 5.41) is 19.9. The van der Waals surface area contributed by atoms with Crippen molar-refractivity contribution in [1.82, 2.24) is 0 Å². The number of methoxy groups -OCH3 is 1. The van der Waals surface area contributed by atoms with Crippen LogP contribution in [0, 0.1) is 0 Å². The minimum atomic E-state index is -0.474. The van der Waals surface area contributed by atoms with Crippen molar-refractivity contribution in [3.8, 4) is 5.75 Å². The average molecular weight is 357 g/mol. The van der Waals surface area contributed by atoms with Gasteiger partial charge in [-0.3, -0.25) is 0 Å². The molecule has 5 unspecified atom stereocenters. The van der Waals surface area contributed by atoms with Crippen LogP contribution >= 0.6 is 11.6 Å². The van der Waals surface area contributed by atoms with E-state index < -0.39 is 6.10 Å². The number of aliphatic hydroxyl groups is 2. The SMILES string of the molecule is COC1CCC(Oc2cc(C3CC(O)CC(CO)O3)ccc2Cl)C1.